The molecule has 1 N–H and O–H groups in total. The van der Waals surface area contributed by atoms with Crippen molar-refractivity contribution < 1.29 is 23.5 Å². The summed E-state index contributed by atoms with van der Waals surface area (Å²) >= 11 is 6.03. The van der Waals surface area contributed by atoms with E-state index in [9.17, 15) is 14.0 Å². The molecule has 4 rings (SSSR count). The lowest BCUT2D eigenvalue weighted by atomic mass is 9.64. The Labute approximate surface area is 197 Å². The number of fused-ring (bicyclic) bond motifs is 1. The largest absolute Gasteiger partial charge is 0.460 e. The second-order valence-electron chi connectivity index (χ2n) is 8.60. The van der Waals surface area contributed by atoms with Crippen molar-refractivity contribution in [2.75, 3.05) is 20.3 Å². The van der Waals surface area contributed by atoms with Gasteiger partial charge in [0.05, 0.1) is 12.2 Å². The first kappa shape index (κ1) is 23.5. The van der Waals surface area contributed by atoms with Crippen LogP contribution in [0.3, 0.4) is 0 Å². The molecule has 0 radical (unpaired) electrons. The molecule has 1 aliphatic heterocycles. The van der Waals surface area contributed by atoms with E-state index in [0.717, 1.165) is 5.56 Å². The lowest BCUT2D eigenvalue weighted by Crippen LogP contribution is -2.52. The van der Waals surface area contributed by atoms with Crippen LogP contribution in [0.4, 0.5) is 4.39 Å². The number of rotatable bonds is 6. The Morgan fingerprint density at radius 1 is 1.15 bits per heavy atom. The van der Waals surface area contributed by atoms with Gasteiger partial charge in [-0.25, -0.2) is 9.18 Å². The molecular formula is C26H27ClFNO4. The Morgan fingerprint density at radius 3 is 2.58 bits per heavy atom. The van der Waals surface area contributed by atoms with Crippen molar-refractivity contribution in [3.8, 4) is 0 Å². The van der Waals surface area contributed by atoms with E-state index < -0.39 is 23.6 Å². The summed E-state index contributed by atoms with van der Waals surface area (Å²) in [5, 5.41) is 4.02. The predicted octanol–water partition coefficient (Wildman–Crippen LogP) is 4.76. The molecule has 0 aromatic heterocycles. The second-order valence-corrected chi connectivity index (χ2v) is 9.03. The molecule has 33 heavy (non-hydrogen) atoms. The Hall–Kier alpha value is -2.70. The van der Waals surface area contributed by atoms with Gasteiger partial charge in [-0.1, -0.05) is 41.9 Å². The van der Waals surface area contributed by atoms with Crippen LogP contribution in [0.1, 0.15) is 42.7 Å². The van der Waals surface area contributed by atoms with Gasteiger partial charge in [0.1, 0.15) is 18.2 Å². The first-order valence-corrected chi connectivity index (χ1v) is 11.4. The SMILES string of the molecule is COCCOC(=O)C1=C(C)NC2C[C@H](c3ccc(Cl)cc3)CC(=O)C2[C@@H]1c1ccccc1F. The van der Waals surface area contributed by atoms with Gasteiger partial charge in [0.2, 0.25) is 0 Å². The van der Waals surface area contributed by atoms with Crippen LogP contribution in [-0.2, 0) is 19.1 Å². The molecule has 0 amide bonds. The minimum atomic E-state index is -0.717. The minimum Gasteiger partial charge on any atom is -0.460 e. The van der Waals surface area contributed by atoms with E-state index >= 15 is 0 Å². The van der Waals surface area contributed by atoms with Crippen LogP contribution in [-0.4, -0.2) is 38.1 Å². The first-order chi connectivity index (χ1) is 15.9. The smallest absolute Gasteiger partial charge is 0.336 e. The highest BCUT2D eigenvalue weighted by Gasteiger charge is 2.49. The lowest BCUT2D eigenvalue weighted by Gasteiger charge is -2.44. The van der Waals surface area contributed by atoms with Crippen molar-refractivity contribution in [2.24, 2.45) is 5.92 Å². The van der Waals surface area contributed by atoms with Crippen molar-refractivity contribution in [2.45, 2.75) is 37.6 Å². The molecule has 174 valence electrons. The maximum Gasteiger partial charge on any atom is 0.336 e. The molecule has 0 saturated heterocycles. The number of halogens is 2. The van der Waals surface area contributed by atoms with Gasteiger partial charge >= 0.3 is 5.97 Å². The molecule has 2 unspecified atom stereocenters. The van der Waals surface area contributed by atoms with E-state index in [-0.39, 0.29) is 31.0 Å². The van der Waals surface area contributed by atoms with Crippen molar-refractivity contribution in [3.63, 3.8) is 0 Å². The van der Waals surface area contributed by atoms with E-state index in [1.807, 2.05) is 24.3 Å². The Kier molecular flexibility index (Phi) is 7.15. The summed E-state index contributed by atoms with van der Waals surface area (Å²) in [5.41, 5.74) is 2.29. The molecule has 2 aromatic carbocycles. The van der Waals surface area contributed by atoms with Crippen LogP contribution in [0.15, 0.2) is 59.8 Å². The fraction of sp³-hybridized carbons (Fsp3) is 0.385. The Balaban J connectivity index is 1.72. The third-order valence-corrected chi connectivity index (χ3v) is 6.84. The number of esters is 1. The van der Waals surface area contributed by atoms with Gasteiger partial charge in [-0.2, -0.15) is 0 Å². The lowest BCUT2D eigenvalue weighted by molar-refractivity contribution is -0.141. The van der Waals surface area contributed by atoms with Crippen LogP contribution in [0, 0.1) is 11.7 Å². The normalized spacial score (nSPS) is 24.8. The number of ether oxygens (including phenoxy) is 2. The highest BCUT2D eigenvalue weighted by Crippen LogP contribution is 2.47. The topological polar surface area (TPSA) is 64.6 Å². The van der Waals surface area contributed by atoms with Crippen LogP contribution < -0.4 is 5.32 Å². The fourth-order valence-electron chi connectivity index (χ4n) is 5.12. The monoisotopic (exact) mass is 471 g/mol. The van der Waals surface area contributed by atoms with Crippen molar-refractivity contribution >= 4 is 23.4 Å². The molecule has 0 bridgehead atoms. The zero-order valence-electron chi connectivity index (χ0n) is 18.6. The predicted molar refractivity (Wildman–Crippen MR) is 124 cm³/mol. The summed E-state index contributed by atoms with van der Waals surface area (Å²) < 4.78 is 25.3. The number of hydrogen-bond donors (Lipinski definition) is 1. The first-order valence-electron chi connectivity index (χ1n) is 11.1. The molecular weight excluding hydrogens is 445 g/mol. The minimum absolute atomic E-state index is 0.00152. The summed E-state index contributed by atoms with van der Waals surface area (Å²) in [5.74, 6) is -2.26. The van der Waals surface area contributed by atoms with Crippen LogP contribution in [0.5, 0.6) is 0 Å². The number of carbonyl (C=O) groups excluding carboxylic acids is 2. The molecule has 2 aliphatic rings. The second kappa shape index (κ2) is 10.1. The maximum absolute atomic E-state index is 15.0. The van der Waals surface area contributed by atoms with E-state index in [0.29, 0.717) is 34.7 Å². The number of allylic oxidation sites excluding steroid dienone is 1. The highest BCUT2D eigenvalue weighted by molar-refractivity contribution is 6.30. The standard InChI is InChI=1S/C26H27ClFNO4/c1-15-23(26(31)33-12-11-32-2)24(19-5-3-4-6-20(19)28)25-21(29-15)13-17(14-22(25)30)16-7-9-18(27)10-8-16/h3-10,17,21,24-25,29H,11-14H2,1-2H3/t17-,21?,24+,25?/m0/s1. The summed E-state index contributed by atoms with van der Waals surface area (Å²) in [6.07, 6.45) is 1.01. The third kappa shape index (κ3) is 4.82. The number of methoxy groups -OCH3 is 1. The molecule has 7 heteroatoms. The molecule has 2 aromatic rings. The third-order valence-electron chi connectivity index (χ3n) is 6.59. The van der Waals surface area contributed by atoms with Gasteiger partial charge in [-0.05, 0) is 48.6 Å². The average Bonchev–Trinajstić information content (AvgIpc) is 2.79. The zero-order chi connectivity index (χ0) is 23.5. The number of nitrogens with one attached hydrogen (secondary N) is 1. The molecule has 4 atom stereocenters. The zero-order valence-corrected chi connectivity index (χ0v) is 19.4. The number of ketones is 1. The van der Waals surface area contributed by atoms with Gasteiger partial charge in [0.15, 0.2) is 0 Å². The van der Waals surface area contributed by atoms with Gasteiger partial charge in [-0.3, -0.25) is 4.79 Å². The summed E-state index contributed by atoms with van der Waals surface area (Å²) in [4.78, 5) is 26.6. The maximum atomic E-state index is 15.0. The number of Topliss-reactive ketones (excluding diaryl/α,β-unsaturated/α-hetero) is 1. The number of carbonyl (C=O) groups is 2. The van der Waals surface area contributed by atoms with E-state index in [4.69, 9.17) is 21.1 Å². The molecule has 5 nitrogen and oxygen atoms in total. The fourth-order valence-corrected chi connectivity index (χ4v) is 5.24. The highest BCUT2D eigenvalue weighted by atomic mass is 35.5. The molecule has 1 aliphatic carbocycles. The molecule has 0 spiro atoms. The quantitative estimate of drug-likeness (QED) is 0.486. The van der Waals surface area contributed by atoms with E-state index in [1.165, 1.54) is 13.2 Å². The van der Waals surface area contributed by atoms with E-state index in [2.05, 4.69) is 5.32 Å². The molecule has 1 heterocycles. The number of hydrogen-bond acceptors (Lipinski definition) is 5. The van der Waals surface area contributed by atoms with Gasteiger partial charge < -0.3 is 14.8 Å². The van der Waals surface area contributed by atoms with Gasteiger partial charge in [-0.15, -0.1) is 0 Å². The summed E-state index contributed by atoms with van der Waals surface area (Å²) in [6, 6.07) is 13.6. The van der Waals surface area contributed by atoms with Crippen molar-refractivity contribution in [1.29, 1.82) is 0 Å². The van der Waals surface area contributed by atoms with E-state index in [1.54, 1.807) is 25.1 Å². The van der Waals surface area contributed by atoms with Crippen LogP contribution in [0.25, 0.3) is 0 Å². The van der Waals surface area contributed by atoms with Gasteiger partial charge in [0, 0.05) is 42.1 Å². The summed E-state index contributed by atoms with van der Waals surface area (Å²) in [7, 11) is 1.52. The van der Waals surface area contributed by atoms with Crippen molar-refractivity contribution in [3.05, 3.63) is 81.8 Å². The average molecular weight is 472 g/mol. The molecule has 1 fully saturated rings. The van der Waals surface area contributed by atoms with Crippen LogP contribution in [0.2, 0.25) is 5.02 Å². The summed E-state index contributed by atoms with van der Waals surface area (Å²) in [6.45, 7) is 2.12. The molecule has 1 saturated carbocycles. The Bertz CT molecular complexity index is 1070. The number of benzene rings is 2. The van der Waals surface area contributed by atoms with Crippen molar-refractivity contribution in [1.82, 2.24) is 5.32 Å². The Morgan fingerprint density at radius 2 is 1.88 bits per heavy atom. The van der Waals surface area contributed by atoms with Crippen LogP contribution >= 0.6 is 11.6 Å². The van der Waals surface area contributed by atoms with Gasteiger partial charge in [0.25, 0.3) is 0 Å².